The molecular formula is C25H34N2O3. The van der Waals surface area contributed by atoms with E-state index < -0.39 is 6.04 Å². The molecular weight excluding hydrogens is 376 g/mol. The summed E-state index contributed by atoms with van der Waals surface area (Å²) >= 11 is 0. The van der Waals surface area contributed by atoms with Crippen LogP contribution in [0.25, 0.3) is 0 Å². The van der Waals surface area contributed by atoms with Gasteiger partial charge in [-0.25, -0.2) is 0 Å². The standard InChI is InChI=1S/C25H34N2O3/c1-5-7-16-26-25(29)23(6-2)27(18-21-11-9-8-10-19(21)3)24(28)17-20-12-14-22(30-4)15-13-20/h8-15,23H,5-7,16-18H2,1-4H3,(H,26,29)/t23-/m0/s1. The Morgan fingerprint density at radius 1 is 1.07 bits per heavy atom. The molecule has 30 heavy (non-hydrogen) atoms. The molecule has 2 rings (SSSR count). The van der Waals surface area contributed by atoms with Crippen LogP contribution in [-0.4, -0.2) is 36.4 Å². The van der Waals surface area contributed by atoms with Crippen molar-refractivity contribution in [2.75, 3.05) is 13.7 Å². The first-order chi connectivity index (χ1) is 14.5. The molecule has 0 heterocycles. The molecule has 0 radical (unpaired) electrons. The summed E-state index contributed by atoms with van der Waals surface area (Å²) in [6.45, 7) is 7.13. The van der Waals surface area contributed by atoms with Gasteiger partial charge in [0.05, 0.1) is 13.5 Å². The Morgan fingerprint density at radius 3 is 2.37 bits per heavy atom. The lowest BCUT2D eigenvalue weighted by molar-refractivity contribution is -0.140. The molecule has 0 spiro atoms. The predicted molar refractivity (Wildman–Crippen MR) is 120 cm³/mol. The molecule has 162 valence electrons. The monoisotopic (exact) mass is 410 g/mol. The fourth-order valence-electron chi connectivity index (χ4n) is 3.42. The SMILES string of the molecule is CCCCNC(=O)[C@H](CC)N(Cc1ccccc1C)C(=O)Cc1ccc(OC)cc1. The summed E-state index contributed by atoms with van der Waals surface area (Å²) in [7, 11) is 1.62. The third-order valence-corrected chi connectivity index (χ3v) is 5.33. The van der Waals surface area contributed by atoms with Crippen LogP contribution in [0.4, 0.5) is 0 Å². The fraction of sp³-hybridized carbons (Fsp3) is 0.440. The molecule has 0 fully saturated rings. The number of unbranched alkanes of at least 4 members (excludes halogenated alkanes) is 1. The average Bonchev–Trinajstić information content (AvgIpc) is 2.75. The normalized spacial score (nSPS) is 11.6. The number of carbonyl (C=O) groups is 2. The highest BCUT2D eigenvalue weighted by molar-refractivity contribution is 5.88. The molecule has 0 aliphatic carbocycles. The highest BCUT2D eigenvalue weighted by atomic mass is 16.5. The lowest BCUT2D eigenvalue weighted by atomic mass is 10.0. The van der Waals surface area contributed by atoms with Gasteiger partial charge in [-0.3, -0.25) is 9.59 Å². The largest absolute Gasteiger partial charge is 0.497 e. The van der Waals surface area contributed by atoms with Crippen LogP contribution < -0.4 is 10.1 Å². The van der Waals surface area contributed by atoms with Crippen molar-refractivity contribution in [2.45, 2.75) is 59.0 Å². The van der Waals surface area contributed by atoms with Gasteiger partial charge in [0, 0.05) is 13.1 Å². The van der Waals surface area contributed by atoms with Crippen LogP contribution >= 0.6 is 0 Å². The molecule has 2 aromatic carbocycles. The van der Waals surface area contributed by atoms with E-state index in [1.54, 1.807) is 12.0 Å². The molecule has 2 amide bonds. The van der Waals surface area contributed by atoms with Crippen molar-refractivity contribution in [1.29, 1.82) is 0 Å². The van der Waals surface area contributed by atoms with Crippen molar-refractivity contribution in [3.8, 4) is 5.75 Å². The van der Waals surface area contributed by atoms with Crippen molar-refractivity contribution in [3.05, 3.63) is 65.2 Å². The van der Waals surface area contributed by atoms with Gasteiger partial charge in [-0.15, -0.1) is 0 Å². The van der Waals surface area contributed by atoms with Crippen molar-refractivity contribution in [2.24, 2.45) is 0 Å². The van der Waals surface area contributed by atoms with Crippen LogP contribution in [0.5, 0.6) is 5.75 Å². The third kappa shape index (κ3) is 6.61. The highest BCUT2D eigenvalue weighted by Crippen LogP contribution is 2.18. The molecule has 5 heteroatoms. The van der Waals surface area contributed by atoms with E-state index in [2.05, 4.69) is 12.2 Å². The number of carbonyl (C=O) groups excluding carboxylic acids is 2. The van der Waals surface area contributed by atoms with Gasteiger partial charge in [0.1, 0.15) is 11.8 Å². The van der Waals surface area contributed by atoms with Gasteiger partial charge in [0.25, 0.3) is 0 Å². The van der Waals surface area contributed by atoms with E-state index in [0.717, 1.165) is 35.3 Å². The van der Waals surface area contributed by atoms with Crippen LogP contribution in [0.15, 0.2) is 48.5 Å². The maximum absolute atomic E-state index is 13.3. The Bertz CT molecular complexity index is 817. The number of aryl methyl sites for hydroxylation is 1. The summed E-state index contributed by atoms with van der Waals surface area (Å²) in [6, 6.07) is 15.0. The Morgan fingerprint density at radius 2 is 1.77 bits per heavy atom. The summed E-state index contributed by atoms with van der Waals surface area (Å²) in [6.07, 6.45) is 2.76. The molecule has 2 aromatic rings. The Kier molecular flexibility index (Phi) is 9.39. The number of nitrogens with zero attached hydrogens (tertiary/aromatic N) is 1. The Labute approximate surface area is 180 Å². The van der Waals surface area contributed by atoms with Crippen LogP contribution in [0.1, 0.15) is 49.8 Å². The highest BCUT2D eigenvalue weighted by Gasteiger charge is 2.28. The molecule has 0 unspecified atom stereocenters. The number of ether oxygens (including phenoxy) is 1. The first-order valence-corrected chi connectivity index (χ1v) is 10.7. The van der Waals surface area contributed by atoms with Gasteiger partial charge >= 0.3 is 0 Å². The summed E-state index contributed by atoms with van der Waals surface area (Å²) in [5.74, 6) is 0.619. The van der Waals surface area contributed by atoms with Crippen molar-refractivity contribution in [1.82, 2.24) is 10.2 Å². The summed E-state index contributed by atoms with van der Waals surface area (Å²) in [4.78, 5) is 27.9. The maximum atomic E-state index is 13.3. The second-order valence-electron chi connectivity index (χ2n) is 7.54. The lowest BCUT2D eigenvalue weighted by Gasteiger charge is -2.31. The minimum absolute atomic E-state index is 0.0547. The maximum Gasteiger partial charge on any atom is 0.242 e. The van der Waals surface area contributed by atoms with Gasteiger partial charge in [0.2, 0.25) is 11.8 Å². The molecule has 0 aliphatic heterocycles. The number of hydrogen-bond acceptors (Lipinski definition) is 3. The van der Waals surface area contributed by atoms with Crippen LogP contribution in [0.3, 0.4) is 0 Å². The van der Waals surface area contributed by atoms with E-state index in [-0.39, 0.29) is 18.2 Å². The van der Waals surface area contributed by atoms with Gasteiger partial charge < -0.3 is 15.0 Å². The zero-order valence-corrected chi connectivity index (χ0v) is 18.6. The van der Waals surface area contributed by atoms with Gasteiger partial charge in [-0.1, -0.05) is 56.7 Å². The molecule has 0 saturated carbocycles. The first-order valence-electron chi connectivity index (χ1n) is 10.7. The molecule has 0 aliphatic rings. The molecule has 0 aromatic heterocycles. The predicted octanol–water partition coefficient (Wildman–Crippen LogP) is 4.27. The zero-order chi connectivity index (χ0) is 21.9. The van der Waals surface area contributed by atoms with Crippen LogP contribution in [0.2, 0.25) is 0 Å². The number of benzene rings is 2. The number of methoxy groups -OCH3 is 1. The van der Waals surface area contributed by atoms with Crippen molar-refractivity contribution < 1.29 is 14.3 Å². The van der Waals surface area contributed by atoms with E-state index in [1.165, 1.54) is 0 Å². The number of nitrogens with one attached hydrogen (secondary N) is 1. The topological polar surface area (TPSA) is 58.6 Å². The number of rotatable bonds is 11. The summed E-state index contributed by atoms with van der Waals surface area (Å²) in [5, 5.41) is 3.00. The fourth-order valence-corrected chi connectivity index (χ4v) is 3.42. The Hall–Kier alpha value is -2.82. The molecule has 0 bridgehead atoms. The van der Waals surface area contributed by atoms with E-state index in [0.29, 0.717) is 19.5 Å². The minimum atomic E-state index is -0.493. The summed E-state index contributed by atoms with van der Waals surface area (Å²) < 4.78 is 5.20. The second kappa shape index (κ2) is 12.0. The number of hydrogen-bond donors (Lipinski definition) is 1. The molecule has 5 nitrogen and oxygen atoms in total. The Balaban J connectivity index is 2.24. The van der Waals surface area contributed by atoms with E-state index >= 15 is 0 Å². The van der Waals surface area contributed by atoms with Crippen molar-refractivity contribution >= 4 is 11.8 Å². The molecule has 1 atom stereocenters. The molecule has 1 N–H and O–H groups in total. The molecule has 0 saturated heterocycles. The smallest absolute Gasteiger partial charge is 0.242 e. The third-order valence-electron chi connectivity index (χ3n) is 5.33. The zero-order valence-electron chi connectivity index (χ0n) is 18.6. The quantitative estimate of drug-likeness (QED) is 0.563. The second-order valence-corrected chi connectivity index (χ2v) is 7.54. The lowest BCUT2D eigenvalue weighted by Crippen LogP contribution is -2.49. The summed E-state index contributed by atoms with van der Waals surface area (Å²) in [5.41, 5.74) is 3.07. The minimum Gasteiger partial charge on any atom is -0.497 e. The van der Waals surface area contributed by atoms with E-state index in [1.807, 2.05) is 62.4 Å². The van der Waals surface area contributed by atoms with Gasteiger partial charge in [-0.05, 0) is 48.6 Å². The van der Waals surface area contributed by atoms with E-state index in [9.17, 15) is 9.59 Å². The van der Waals surface area contributed by atoms with Crippen LogP contribution in [0, 0.1) is 6.92 Å². The van der Waals surface area contributed by atoms with E-state index in [4.69, 9.17) is 4.74 Å². The average molecular weight is 411 g/mol. The first kappa shape index (κ1) is 23.5. The van der Waals surface area contributed by atoms with Gasteiger partial charge in [-0.2, -0.15) is 0 Å². The van der Waals surface area contributed by atoms with Crippen LogP contribution in [-0.2, 0) is 22.6 Å². The van der Waals surface area contributed by atoms with Crippen molar-refractivity contribution in [3.63, 3.8) is 0 Å². The van der Waals surface area contributed by atoms with Gasteiger partial charge in [0.15, 0.2) is 0 Å². The number of amides is 2.